The van der Waals surface area contributed by atoms with Crippen molar-refractivity contribution in [1.82, 2.24) is 0 Å². The molecule has 0 amide bonds. The van der Waals surface area contributed by atoms with Crippen LogP contribution in [0.5, 0.6) is 0 Å². The van der Waals surface area contributed by atoms with Gasteiger partial charge in [0.1, 0.15) is 0 Å². The number of aliphatic hydroxyl groups is 1. The zero-order valence-corrected chi connectivity index (χ0v) is 22.2. The molecule has 1 N–H and O–H groups in total. The first-order chi connectivity index (χ1) is 15.1. The first kappa shape index (κ1) is 23.7. The molecule has 0 unspecified atom stereocenters. The lowest BCUT2D eigenvalue weighted by Gasteiger charge is -2.61. The minimum absolute atomic E-state index is 0.350. The van der Waals surface area contributed by atoms with E-state index in [1.807, 2.05) is 7.11 Å². The van der Waals surface area contributed by atoms with E-state index in [2.05, 4.69) is 41.5 Å². The fraction of sp³-hybridized carbons (Fsp3) is 1.00. The largest absolute Gasteiger partial charge is 0.396 e. The second-order valence-electron chi connectivity index (χ2n) is 14.2. The average Bonchev–Trinajstić information content (AvgIpc) is 3.27. The maximum absolute atomic E-state index is 9.92. The summed E-state index contributed by atoms with van der Waals surface area (Å²) in [7, 11) is 2.02. The molecular formula is C30H52O2. The van der Waals surface area contributed by atoms with Gasteiger partial charge in [0.15, 0.2) is 0 Å². The van der Waals surface area contributed by atoms with Crippen molar-refractivity contribution < 1.29 is 9.84 Å². The number of rotatable bonds is 7. The average molecular weight is 445 g/mol. The van der Waals surface area contributed by atoms with Crippen molar-refractivity contribution in [2.24, 2.45) is 69.5 Å². The fourth-order valence-electron chi connectivity index (χ4n) is 11.1. The lowest BCUT2D eigenvalue weighted by atomic mass is 9.45. The summed E-state index contributed by atoms with van der Waals surface area (Å²) in [5.74, 6) is 7.08. The van der Waals surface area contributed by atoms with E-state index in [1.54, 1.807) is 0 Å². The summed E-state index contributed by atoms with van der Waals surface area (Å²) in [5, 5.41) is 9.92. The first-order valence-corrected chi connectivity index (χ1v) is 14.3. The van der Waals surface area contributed by atoms with Gasteiger partial charge in [-0.25, -0.2) is 0 Å². The molecule has 0 aromatic rings. The third-order valence-electron chi connectivity index (χ3n) is 13.3. The van der Waals surface area contributed by atoms with Crippen LogP contribution in [0.15, 0.2) is 0 Å². The molecule has 0 radical (unpaired) electrons. The molecule has 0 aliphatic heterocycles. The van der Waals surface area contributed by atoms with Crippen molar-refractivity contribution in [2.45, 2.75) is 105 Å². The van der Waals surface area contributed by atoms with Gasteiger partial charge in [0.05, 0.1) is 6.10 Å². The Bertz CT molecular complexity index is 703. The molecule has 32 heavy (non-hydrogen) atoms. The third kappa shape index (κ3) is 3.03. The van der Waals surface area contributed by atoms with E-state index in [1.165, 1.54) is 57.8 Å². The highest BCUT2D eigenvalue weighted by molar-refractivity contribution is 5.26. The molecule has 5 aliphatic rings. The Balaban J connectivity index is 1.36. The minimum Gasteiger partial charge on any atom is -0.396 e. The van der Waals surface area contributed by atoms with Crippen LogP contribution in [-0.2, 0) is 4.74 Å². The van der Waals surface area contributed by atoms with Crippen LogP contribution in [0.1, 0.15) is 99.3 Å². The van der Waals surface area contributed by atoms with E-state index in [0.29, 0.717) is 46.7 Å². The maximum Gasteiger partial charge on any atom is 0.0638 e. The minimum atomic E-state index is 0.350. The number of hydrogen-bond donors (Lipinski definition) is 1. The molecule has 0 heterocycles. The lowest BCUT2D eigenvalue weighted by Crippen LogP contribution is -2.57. The number of hydrogen-bond acceptors (Lipinski definition) is 2. The molecular weight excluding hydrogens is 392 g/mol. The van der Waals surface area contributed by atoms with Crippen LogP contribution in [0, 0.1) is 69.5 Å². The summed E-state index contributed by atoms with van der Waals surface area (Å²) >= 11 is 0. The quantitative estimate of drug-likeness (QED) is 0.450. The Hall–Kier alpha value is -0.0800. The van der Waals surface area contributed by atoms with Crippen molar-refractivity contribution >= 4 is 0 Å². The predicted molar refractivity (Wildman–Crippen MR) is 132 cm³/mol. The van der Waals surface area contributed by atoms with Gasteiger partial charge in [0, 0.05) is 19.1 Å². The fourth-order valence-corrected chi connectivity index (χ4v) is 11.1. The van der Waals surface area contributed by atoms with Crippen molar-refractivity contribution in [2.75, 3.05) is 13.7 Å². The zero-order valence-electron chi connectivity index (χ0n) is 22.2. The van der Waals surface area contributed by atoms with Crippen molar-refractivity contribution in [3.8, 4) is 0 Å². The van der Waals surface area contributed by atoms with Crippen molar-refractivity contribution in [3.63, 3.8) is 0 Å². The van der Waals surface area contributed by atoms with Crippen LogP contribution in [0.3, 0.4) is 0 Å². The van der Waals surface area contributed by atoms with Gasteiger partial charge in [0.2, 0.25) is 0 Å². The van der Waals surface area contributed by atoms with E-state index in [-0.39, 0.29) is 0 Å². The topological polar surface area (TPSA) is 29.5 Å². The molecule has 2 nitrogen and oxygen atoms in total. The first-order valence-electron chi connectivity index (χ1n) is 14.3. The molecule has 0 saturated heterocycles. The van der Waals surface area contributed by atoms with Crippen LogP contribution in [0.2, 0.25) is 0 Å². The summed E-state index contributed by atoms with van der Waals surface area (Å²) in [6, 6.07) is 0. The van der Waals surface area contributed by atoms with Gasteiger partial charge >= 0.3 is 0 Å². The third-order valence-corrected chi connectivity index (χ3v) is 13.3. The smallest absolute Gasteiger partial charge is 0.0638 e. The normalized spacial score (nSPS) is 52.0. The molecule has 5 saturated carbocycles. The summed E-state index contributed by atoms with van der Waals surface area (Å²) in [6.45, 7) is 15.3. The summed E-state index contributed by atoms with van der Waals surface area (Å²) in [6.07, 6.45) is 13.3. The van der Waals surface area contributed by atoms with Crippen LogP contribution < -0.4 is 0 Å². The van der Waals surface area contributed by atoms with Crippen LogP contribution >= 0.6 is 0 Å². The highest BCUT2D eigenvalue weighted by atomic mass is 16.5. The van der Waals surface area contributed by atoms with E-state index in [0.717, 1.165) is 35.5 Å². The molecule has 0 aromatic heterocycles. The second kappa shape index (κ2) is 7.97. The summed E-state index contributed by atoms with van der Waals surface area (Å²) in [4.78, 5) is 0. The Kier molecular flexibility index (Phi) is 5.89. The number of aliphatic hydroxyl groups excluding tert-OH is 1. The number of methoxy groups -OCH3 is 1. The van der Waals surface area contributed by atoms with Crippen molar-refractivity contribution in [1.29, 1.82) is 0 Å². The van der Waals surface area contributed by atoms with E-state index in [9.17, 15) is 5.11 Å². The Morgan fingerprint density at radius 1 is 0.969 bits per heavy atom. The van der Waals surface area contributed by atoms with Gasteiger partial charge in [-0.3, -0.25) is 0 Å². The molecule has 5 aliphatic carbocycles. The van der Waals surface area contributed by atoms with Crippen LogP contribution in [0.4, 0.5) is 0 Å². The highest BCUT2D eigenvalue weighted by Crippen LogP contribution is 2.82. The molecule has 1 spiro atoms. The molecule has 0 aromatic carbocycles. The van der Waals surface area contributed by atoms with E-state index in [4.69, 9.17) is 4.74 Å². The van der Waals surface area contributed by atoms with Crippen LogP contribution in [0.25, 0.3) is 0 Å². The Morgan fingerprint density at radius 3 is 2.34 bits per heavy atom. The number of ether oxygens (including phenoxy) is 1. The molecule has 5 rings (SSSR count). The van der Waals surface area contributed by atoms with Gasteiger partial charge in [0.25, 0.3) is 0 Å². The Labute approximate surface area is 198 Å². The summed E-state index contributed by atoms with van der Waals surface area (Å²) < 4.78 is 6.31. The predicted octanol–water partition coefficient (Wildman–Crippen LogP) is 7.20. The van der Waals surface area contributed by atoms with Gasteiger partial charge in [-0.15, -0.1) is 0 Å². The number of fused-ring (bicyclic) bond motifs is 4. The second-order valence-corrected chi connectivity index (χ2v) is 14.2. The zero-order chi connectivity index (χ0) is 23.1. The highest BCUT2D eigenvalue weighted by Gasteiger charge is 2.77. The maximum atomic E-state index is 9.92. The van der Waals surface area contributed by atoms with Crippen LogP contribution in [-0.4, -0.2) is 24.9 Å². The van der Waals surface area contributed by atoms with E-state index < -0.39 is 0 Å². The Morgan fingerprint density at radius 2 is 1.72 bits per heavy atom. The van der Waals surface area contributed by atoms with Gasteiger partial charge < -0.3 is 9.84 Å². The molecule has 12 atom stereocenters. The standard InChI is InChI=1S/C30H52O2/c1-18(2)21(17-31)14-19(3)20(4)24-8-9-25-23-15-27(32-7)30-16-22(30)10-13-29(30,6)26(23)11-12-28(24,25)5/h18-27,31H,8-17H2,1-7H3/t19-,20-,21+,22-,23+,24-,25+,26+,27-,28-,29-,30+/m1/s1. The summed E-state index contributed by atoms with van der Waals surface area (Å²) in [5.41, 5.74) is 1.61. The molecule has 0 bridgehead atoms. The van der Waals surface area contributed by atoms with E-state index >= 15 is 0 Å². The van der Waals surface area contributed by atoms with Gasteiger partial charge in [-0.2, -0.15) is 0 Å². The van der Waals surface area contributed by atoms with Crippen molar-refractivity contribution in [3.05, 3.63) is 0 Å². The monoisotopic (exact) mass is 444 g/mol. The molecule has 2 heteroatoms. The SMILES string of the molecule is CO[C@@H]1C[C@H]2[C@@H]3CC[C@H]([C@H](C)[C@H](C)C[C@@H](CO)C(C)C)[C@@]3(C)CC[C@@H]2[C@@]2(C)CC[C@@H]3C[C@]312. The lowest BCUT2D eigenvalue weighted by molar-refractivity contribution is -0.161. The molecule has 184 valence electrons. The van der Waals surface area contributed by atoms with Gasteiger partial charge in [-0.05, 0) is 122 Å². The molecule has 5 fully saturated rings. The van der Waals surface area contributed by atoms with Gasteiger partial charge in [-0.1, -0.05) is 41.5 Å².